The summed E-state index contributed by atoms with van der Waals surface area (Å²) in [5, 5.41) is 11.6. The van der Waals surface area contributed by atoms with Gasteiger partial charge in [-0.3, -0.25) is 9.59 Å². The van der Waals surface area contributed by atoms with Crippen LogP contribution < -0.4 is 0 Å². The monoisotopic (exact) mass is 437 g/mol. The normalized spacial score (nSPS) is 18.1. The van der Waals surface area contributed by atoms with Crippen molar-refractivity contribution < 1.29 is 14.7 Å². The van der Waals surface area contributed by atoms with Crippen LogP contribution in [0.1, 0.15) is 22.7 Å². The fourth-order valence-electron chi connectivity index (χ4n) is 3.60. The molecule has 1 heterocycles. The first-order valence-electron chi connectivity index (χ1n) is 9.30. The van der Waals surface area contributed by atoms with Crippen LogP contribution in [0.25, 0.3) is 5.76 Å². The highest BCUT2D eigenvalue weighted by atomic mass is 35.5. The maximum absolute atomic E-state index is 13.0. The molecule has 1 fully saturated rings. The van der Waals surface area contributed by atoms with E-state index < -0.39 is 17.7 Å². The fraction of sp³-hybridized carbons (Fsp3) is 0.0833. The van der Waals surface area contributed by atoms with Gasteiger partial charge in [0.1, 0.15) is 5.76 Å². The van der Waals surface area contributed by atoms with Crippen LogP contribution in [0, 0.1) is 0 Å². The smallest absolute Gasteiger partial charge is 0.295 e. The van der Waals surface area contributed by atoms with Crippen LogP contribution in [-0.2, 0) is 16.1 Å². The summed E-state index contributed by atoms with van der Waals surface area (Å²) in [6.45, 7) is 0.210. The first-order valence-corrected chi connectivity index (χ1v) is 10.1. The Balaban J connectivity index is 1.88. The minimum atomic E-state index is -0.792. The van der Waals surface area contributed by atoms with Gasteiger partial charge in [0, 0.05) is 12.1 Å². The molecule has 4 rings (SSSR count). The molecule has 3 aromatic rings. The van der Waals surface area contributed by atoms with Gasteiger partial charge in [0.05, 0.1) is 21.7 Å². The fourth-order valence-corrected chi connectivity index (χ4v) is 3.91. The standard InChI is InChI=1S/C24H17Cl2NO3/c25-18-12-11-17(13-19(18)26)21-20(22(28)16-9-5-2-6-10-16)23(29)24(30)27(21)14-15-7-3-1-4-8-15/h1-13,21,28H,14H2. The Labute approximate surface area is 184 Å². The number of carbonyl (C=O) groups excluding carboxylic acids is 2. The minimum Gasteiger partial charge on any atom is -0.507 e. The van der Waals surface area contributed by atoms with Crippen LogP contribution in [0.4, 0.5) is 0 Å². The zero-order valence-electron chi connectivity index (χ0n) is 15.8. The molecule has 1 N–H and O–H groups in total. The van der Waals surface area contributed by atoms with Gasteiger partial charge < -0.3 is 10.0 Å². The quantitative estimate of drug-likeness (QED) is 0.327. The number of hydrogen-bond acceptors (Lipinski definition) is 3. The second-order valence-corrected chi connectivity index (χ2v) is 7.77. The molecule has 0 saturated carbocycles. The second-order valence-electron chi connectivity index (χ2n) is 6.95. The zero-order chi connectivity index (χ0) is 21.3. The maximum atomic E-state index is 13.0. The van der Waals surface area contributed by atoms with E-state index in [-0.39, 0.29) is 17.9 Å². The van der Waals surface area contributed by atoms with Crippen molar-refractivity contribution in [3.63, 3.8) is 0 Å². The largest absolute Gasteiger partial charge is 0.507 e. The van der Waals surface area contributed by atoms with Gasteiger partial charge in [-0.05, 0) is 23.3 Å². The number of nitrogens with zero attached hydrogens (tertiary/aromatic N) is 1. The first-order chi connectivity index (χ1) is 14.5. The van der Waals surface area contributed by atoms with Gasteiger partial charge in [-0.1, -0.05) is 89.9 Å². The molecule has 1 saturated heterocycles. The number of aliphatic hydroxyl groups excluding tert-OH is 1. The van der Waals surface area contributed by atoms with Gasteiger partial charge in [0.2, 0.25) is 0 Å². The molecule has 30 heavy (non-hydrogen) atoms. The summed E-state index contributed by atoms with van der Waals surface area (Å²) in [4.78, 5) is 27.4. The van der Waals surface area contributed by atoms with E-state index in [2.05, 4.69) is 0 Å². The number of aliphatic hydroxyl groups is 1. The number of halogens is 2. The highest BCUT2D eigenvalue weighted by Crippen LogP contribution is 2.41. The number of hydrogen-bond donors (Lipinski definition) is 1. The molecule has 0 spiro atoms. The van der Waals surface area contributed by atoms with Gasteiger partial charge in [0.25, 0.3) is 11.7 Å². The predicted molar refractivity (Wildman–Crippen MR) is 117 cm³/mol. The second kappa shape index (κ2) is 8.34. The van der Waals surface area contributed by atoms with Crippen molar-refractivity contribution in [2.75, 3.05) is 0 Å². The van der Waals surface area contributed by atoms with Crippen molar-refractivity contribution in [2.45, 2.75) is 12.6 Å². The molecule has 4 nitrogen and oxygen atoms in total. The highest BCUT2D eigenvalue weighted by Gasteiger charge is 2.46. The van der Waals surface area contributed by atoms with Gasteiger partial charge in [-0.15, -0.1) is 0 Å². The summed E-state index contributed by atoms with van der Waals surface area (Å²) in [5.41, 5.74) is 1.95. The predicted octanol–water partition coefficient (Wildman–Crippen LogP) is 5.62. The molecular weight excluding hydrogens is 421 g/mol. The molecular formula is C24H17Cl2NO3. The van der Waals surface area contributed by atoms with Gasteiger partial charge >= 0.3 is 0 Å². The Bertz CT molecular complexity index is 1140. The summed E-state index contributed by atoms with van der Waals surface area (Å²) in [6.07, 6.45) is 0. The van der Waals surface area contributed by atoms with E-state index in [1.807, 2.05) is 30.3 Å². The third kappa shape index (κ3) is 3.72. The molecule has 1 atom stereocenters. The van der Waals surface area contributed by atoms with E-state index in [1.54, 1.807) is 48.5 Å². The lowest BCUT2D eigenvalue weighted by Gasteiger charge is -2.25. The Morgan fingerprint density at radius 2 is 1.50 bits per heavy atom. The van der Waals surface area contributed by atoms with Crippen LogP contribution in [-0.4, -0.2) is 21.7 Å². The van der Waals surface area contributed by atoms with Crippen molar-refractivity contribution in [3.05, 3.63) is 111 Å². The Morgan fingerprint density at radius 3 is 2.13 bits per heavy atom. The van der Waals surface area contributed by atoms with Gasteiger partial charge in [0.15, 0.2) is 0 Å². The molecule has 6 heteroatoms. The van der Waals surface area contributed by atoms with E-state index in [1.165, 1.54) is 4.90 Å². The molecule has 0 aliphatic carbocycles. The Hall–Kier alpha value is -3.08. The van der Waals surface area contributed by atoms with E-state index in [0.717, 1.165) is 5.56 Å². The minimum absolute atomic E-state index is 0.0283. The topological polar surface area (TPSA) is 57.6 Å². The van der Waals surface area contributed by atoms with Gasteiger partial charge in [-0.2, -0.15) is 0 Å². The molecule has 1 aliphatic rings. The van der Waals surface area contributed by atoms with E-state index in [0.29, 0.717) is 21.2 Å². The summed E-state index contributed by atoms with van der Waals surface area (Å²) >= 11 is 12.3. The Kier molecular flexibility index (Phi) is 5.62. The van der Waals surface area contributed by atoms with Crippen LogP contribution in [0.15, 0.2) is 84.4 Å². The third-order valence-corrected chi connectivity index (χ3v) is 5.78. The molecule has 0 radical (unpaired) electrons. The van der Waals surface area contributed by atoms with Crippen molar-refractivity contribution in [1.29, 1.82) is 0 Å². The number of rotatable bonds is 4. The summed E-state index contributed by atoms with van der Waals surface area (Å²) in [5.74, 6) is -1.63. The zero-order valence-corrected chi connectivity index (χ0v) is 17.3. The molecule has 3 aromatic carbocycles. The Morgan fingerprint density at radius 1 is 0.867 bits per heavy atom. The third-order valence-electron chi connectivity index (χ3n) is 5.04. The van der Waals surface area contributed by atoms with Gasteiger partial charge in [-0.25, -0.2) is 0 Å². The molecule has 0 bridgehead atoms. The van der Waals surface area contributed by atoms with Crippen molar-refractivity contribution in [3.8, 4) is 0 Å². The van der Waals surface area contributed by atoms with Crippen LogP contribution in [0.3, 0.4) is 0 Å². The number of ketones is 1. The summed E-state index contributed by atoms with van der Waals surface area (Å²) < 4.78 is 0. The van der Waals surface area contributed by atoms with Crippen molar-refractivity contribution in [2.24, 2.45) is 0 Å². The number of benzene rings is 3. The van der Waals surface area contributed by atoms with Crippen LogP contribution >= 0.6 is 23.2 Å². The number of amides is 1. The van der Waals surface area contributed by atoms with E-state index in [4.69, 9.17) is 23.2 Å². The number of likely N-dealkylation sites (tertiary alicyclic amines) is 1. The van der Waals surface area contributed by atoms with E-state index in [9.17, 15) is 14.7 Å². The summed E-state index contributed by atoms with van der Waals surface area (Å²) in [7, 11) is 0. The lowest BCUT2D eigenvalue weighted by Crippen LogP contribution is -2.29. The maximum Gasteiger partial charge on any atom is 0.295 e. The molecule has 1 aliphatic heterocycles. The molecule has 1 amide bonds. The number of Topliss-reactive ketones (excluding diaryl/α,β-unsaturated/α-hetero) is 1. The van der Waals surface area contributed by atoms with Crippen molar-refractivity contribution in [1.82, 2.24) is 4.90 Å². The average Bonchev–Trinajstić information content (AvgIpc) is 3.01. The molecule has 1 unspecified atom stereocenters. The first kappa shape index (κ1) is 20.2. The lowest BCUT2D eigenvalue weighted by atomic mass is 9.95. The highest BCUT2D eigenvalue weighted by molar-refractivity contribution is 6.46. The lowest BCUT2D eigenvalue weighted by molar-refractivity contribution is -0.140. The number of carbonyl (C=O) groups is 2. The van der Waals surface area contributed by atoms with Crippen LogP contribution in [0.5, 0.6) is 0 Å². The van der Waals surface area contributed by atoms with Crippen LogP contribution in [0.2, 0.25) is 10.0 Å². The van der Waals surface area contributed by atoms with E-state index >= 15 is 0 Å². The van der Waals surface area contributed by atoms with Crippen molar-refractivity contribution >= 4 is 40.7 Å². The molecule has 150 valence electrons. The average molecular weight is 438 g/mol. The summed E-state index contributed by atoms with van der Waals surface area (Å²) in [6, 6.07) is 22.2. The molecule has 0 aromatic heterocycles. The SMILES string of the molecule is O=C1C(=O)N(Cc2ccccc2)C(c2ccc(Cl)c(Cl)c2)C1=C(O)c1ccccc1.